The van der Waals surface area contributed by atoms with Crippen LogP contribution in [0.1, 0.15) is 52.9 Å². The number of hydrogen-bond donors (Lipinski definition) is 2. The largest absolute Gasteiger partial charge is 0.396 e. The number of hydrogen-bond acceptors (Lipinski definition) is 3. The summed E-state index contributed by atoms with van der Waals surface area (Å²) >= 11 is 0. The highest BCUT2D eigenvalue weighted by Gasteiger charge is 2.61. The number of ketones is 1. The lowest BCUT2D eigenvalue weighted by Gasteiger charge is -2.58. The first-order chi connectivity index (χ1) is 11.8. The van der Waals surface area contributed by atoms with E-state index in [0.717, 1.165) is 12.0 Å². The molecule has 3 nitrogen and oxygen atoms in total. The molecule has 25 heavy (non-hydrogen) atoms. The van der Waals surface area contributed by atoms with E-state index in [1.165, 1.54) is 19.3 Å². The van der Waals surface area contributed by atoms with Crippen molar-refractivity contribution in [1.82, 2.24) is 0 Å². The molecular formula is C22H32O3. The minimum atomic E-state index is -0.337. The van der Waals surface area contributed by atoms with Crippen molar-refractivity contribution in [2.24, 2.45) is 40.4 Å². The zero-order valence-corrected chi connectivity index (χ0v) is 15.7. The lowest BCUT2D eigenvalue weighted by Crippen LogP contribution is -2.55. The fraction of sp³-hybridized carbons (Fsp3) is 0.773. The minimum absolute atomic E-state index is 0.0662. The second kappa shape index (κ2) is 5.79. The van der Waals surface area contributed by atoms with Gasteiger partial charge in [0.25, 0.3) is 0 Å². The zero-order valence-electron chi connectivity index (χ0n) is 15.7. The van der Waals surface area contributed by atoms with Crippen molar-refractivity contribution in [3.05, 3.63) is 23.8 Å². The Hall–Kier alpha value is -0.930. The van der Waals surface area contributed by atoms with Gasteiger partial charge in [0.2, 0.25) is 0 Å². The molecule has 0 aromatic heterocycles. The van der Waals surface area contributed by atoms with E-state index in [0.29, 0.717) is 36.0 Å². The van der Waals surface area contributed by atoms with Crippen molar-refractivity contribution < 1.29 is 15.0 Å². The Morgan fingerprint density at radius 3 is 2.72 bits per heavy atom. The van der Waals surface area contributed by atoms with Crippen LogP contribution in [0.2, 0.25) is 0 Å². The first-order valence-electron chi connectivity index (χ1n) is 10.0. The summed E-state index contributed by atoms with van der Waals surface area (Å²) in [5, 5.41) is 20.8. The highest BCUT2D eigenvalue weighted by molar-refractivity contribution is 6.01. The topological polar surface area (TPSA) is 57.5 Å². The molecule has 138 valence electrons. The number of fused-ring (bicyclic) bond motifs is 5. The number of aliphatic hydroxyl groups excluding tert-OH is 2. The van der Waals surface area contributed by atoms with E-state index >= 15 is 0 Å². The minimum Gasteiger partial charge on any atom is -0.396 e. The van der Waals surface area contributed by atoms with Gasteiger partial charge in [-0.3, -0.25) is 4.79 Å². The fourth-order valence-corrected chi connectivity index (χ4v) is 7.27. The van der Waals surface area contributed by atoms with Crippen LogP contribution in [0.15, 0.2) is 23.8 Å². The lowest BCUT2D eigenvalue weighted by molar-refractivity contribution is -0.113. The van der Waals surface area contributed by atoms with Gasteiger partial charge in [0.05, 0.1) is 6.10 Å². The van der Waals surface area contributed by atoms with Crippen LogP contribution < -0.4 is 0 Å². The van der Waals surface area contributed by atoms with Gasteiger partial charge in [-0.1, -0.05) is 32.4 Å². The molecule has 4 rings (SSSR count). The zero-order chi connectivity index (χ0) is 18.0. The van der Waals surface area contributed by atoms with Crippen molar-refractivity contribution >= 4 is 5.78 Å². The third-order valence-corrected chi connectivity index (χ3v) is 8.63. The summed E-state index contributed by atoms with van der Waals surface area (Å²) in [4.78, 5) is 11.8. The van der Waals surface area contributed by atoms with Gasteiger partial charge in [-0.15, -0.1) is 0 Å². The molecule has 3 fully saturated rings. The Balaban J connectivity index is 1.69. The average molecular weight is 344 g/mol. The summed E-state index contributed by atoms with van der Waals surface area (Å²) in [5.41, 5.74) is 1.30. The van der Waals surface area contributed by atoms with Crippen LogP contribution in [0.4, 0.5) is 0 Å². The van der Waals surface area contributed by atoms with Crippen LogP contribution in [0.3, 0.4) is 0 Å². The first kappa shape index (κ1) is 17.5. The van der Waals surface area contributed by atoms with Crippen molar-refractivity contribution in [3.8, 4) is 0 Å². The molecule has 0 heterocycles. The average Bonchev–Trinajstić information content (AvgIpc) is 2.93. The van der Waals surface area contributed by atoms with Gasteiger partial charge >= 0.3 is 0 Å². The van der Waals surface area contributed by atoms with E-state index in [9.17, 15) is 15.0 Å². The van der Waals surface area contributed by atoms with Crippen LogP contribution >= 0.6 is 0 Å². The van der Waals surface area contributed by atoms with Crippen LogP contribution in [-0.2, 0) is 4.79 Å². The molecular weight excluding hydrogens is 312 g/mol. The molecule has 3 saturated carbocycles. The summed E-state index contributed by atoms with van der Waals surface area (Å²) in [6.07, 6.45) is 10.6. The van der Waals surface area contributed by atoms with E-state index < -0.39 is 0 Å². The lowest BCUT2D eigenvalue weighted by atomic mass is 9.46. The smallest absolute Gasteiger partial charge is 0.178 e. The molecule has 4 aliphatic rings. The number of rotatable bonds is 2. The molecule has 0 aliphatic heterocycles. The monoisotopic (exact) mass is 344 g/mol. The normalized spacial score (nSPS) is 49.9. The van der Waals surface area contributed by atoms with Crippen LogP contribution in [0, 0.1) is 40.4 Å². The number of carbonyl (C=O) groups is 1. The van der Waals surface area contributed by atoms with Crippen molar-refractivity contribution in [1.29, 1.82) is 0 Å². The molecule has 2 unspecified atom stereocenters. The van der Waals surface area contributed by atoms with Gasteiger partial charge in [-0.05, 0) is 79.3 Å². The number of carbonyl (C=O) groups excluding carboxylic acids is 1. The second-order valence-electron chi connectivity index (χ2n) is 9.64. The van der Waals surface area contributed by atoms with E-state index in [-0.39, 0.29) is 29.3 Å². The number of allylic oxidation sites excluding steroid dienone is 3. The Morgan fingerprint density at radius 1 is 1.24 bits per heavy atom. The molecule has 0 radical (unpaired) electrons. The molecule has 0 bridgehead atoms. The quantitative estimate of drug-likeness (QED) is 0.806. The maximum Gasteiger partial charge on any atom is 0.178 e. The highest BCUT2D eigenvalue weighted by Crippen LogP contribution is 2.66. The highest BCUT2D eigenvalue weighted by atomic mass is 16.3. The molecule has 0 spiro atoms. The third-order valence-electron chi connectivity index (χ3n) is 8.63. The van der Waals surface area contributed by atoms with Gasteiger partial charge < -0.3 is 10.2 Å². The van der Waals surface area contributed by atoms with Crippen LogP contribution in [0.25, 0.3) is 0 Å². The standard InChI is InChI=1S/C22H32O3/c1-13(12-23)16-4-5-17-20-18(7-9-22(16,17)3)21(2)8-6-15(24)10-14(21)11-19(20)25/h6,8,10,13,16-20,23,25H,4-5,7,9,11-12H2,1-3H3/t13?,16-,17+,18+,19?,20+,21+,22-/m1/s1. The summed E-state index contributed by atoms with van der Waals surface area (Å²) < 4.78 is 0. The van der Waals surface area contributed by atoms with E-state index in [1.54, 1.807) is 12.2 Å². The predicted octanol–water partition coefficient (Wildman–Crippen LogP) is 3.51. The van der Waals surface area contributed by atoms with Gasteiger partial charge in [0.15, 0.2) is 5.78 Å². The maximum atomic E-state index is 11.8. The summed E-state index contributed by atoms with van der Waals surface area (Å²) in [6.45, 7) is 7.13. The van der Waals surface area contributed by atoms with Crippen LogP contribution in [0.5, 0.6) is 0 Å². The summed E-state index contributed by atoms with van der Waals surface area (Å²) in [6, 6.07) is 0. The predicted molar refractivity (Wildman–Crippen MR) is 97.7 cm³/mol. The van der Waals surface area contributed by atoms with Crippen molar-refractivity contribution in [2.45, 2.75) is 59.0 Å². The number of aliphatic hydroxyl groups is 2. The fourth-order valence-electron chi connectivity index (χ4n) is 7.27. The third kappa shape index (κ3) is 2.35. The molecule has 0 aromatic rings. The van der Waals surface area contributed by atoms with Gasteiger partial charge in [-0.2, -0.15) is 0 Å². The Kier molecular flexibility index (Phi) is 4.05. The summed E-state index contributed by atoms with van der Waals surface area (Å²) in [5.74, 6) is 2.23. The Bertz CT molecular complexity index is 635. The molecule has 0 amide bonds. The Morgan fingerprint density at radius 2 is 2.00 bits per heavy atom. The Labute approximate surface area is 151 Å². The van der Waals surface area contributed by atoms with Crippen LogP contribution in [-0.4, -0.2) is 28.7 Å². The van der Waals surface area contributed by atoms with E-state index in [4.69, 9.17) is 0 Å². The summed E-state index contributed by atoms with van der Waals surface area (Å²) in [7, 11) is 0. The molecule has 8 atom stereocenters. The van der Waals surface area contributed by atoms with Gasteiger partial charge in [-0.25, -0.2) is 0 Å². The molecule has 3 heteroatoms. The molecule has 0 aromatic carbocycles. The maximum absolute atomic E-state index is 11.8. The van der Waals surface area contributed by atoms with E-state index in [2.05, 4.69) is 26.8 Å². The van der Waals surface area contributed by atoms with Crippen molar-refractivity contribution in [3.63, 3.8) is 0 Å². The van der Waals surface area contributed by atoms with Gasteiger partial charge in [0.1, 0.15) is 0 Å². The molecule has 2 N–H and O–H groups in total. The second-order valence-corrected chi connectivity index (χ2v) is 9.64. The van der Waals surface area contributed by atoms with E-state index in [1.807, 2.05) is 0 Å². The molecule has 4 aliphatic carbocycles. The van der Waals surface area contributed by atoms with Gasteiger partial charge in [0, 0.05) is 12.0 Å². The SMILES string of the molecule is CC(CO)[C@H]1CC[C@H]2[C@@H]3C(O)CC4=CC(=O)C=C[C@]4(C)[C@H]3CC[C@]12C. The van der Waals surface area contributed by atoms with Crippen molar-refractivity contribution in [2.75, 3.05) is 6.61 Å². The molecule has 0 saturated heterocycles. The first-order valence-corrected chi connectivity index (χ1v) is 10.0.